The van der Waals surface area contributed by atoms with E-state index in [0.717, 1.165) is 12.3 Å². The quantitative estimate of drug-likeness (QED) is 0.770. The zero-order valence-corrected chi connectivity index (χ0v) is 14.9. The second kappa shape index (κ2) is 7.84. The predicted molar refractivity (Wildman–Crippen MR) is 92.3 cm³/mol. The molecule has 1 unspecified atom stereocenters. The third-order valence-electron chi connectivity index (χ3n) is 4.33. The number of hydrogen-bond donors (Lipinski definition) is 1. The Morgan fingerprint density at radius 2 is 1.76 bits per heavy atom. The minimum Gasteiger partial charge on any atom is -0.496 e. The molecule has 0 saturated carbocycles. The molecule has 1 atom stereocenters. The van der Waals surface area contributed by atoms with Crippen molar-refractivity contribution in [1.82, 2.24) is 5.32 Å². The Bertz CT molecular complexity index is 430. The number of nitrogens with one attached hydrogen (secondary N) is 1. The minimum absolute atomic E-state index is 0.152. The fourth-order valence-corrected chi connectivity index (χ4v) is 2.90. The first-order valence-corrected chi connectivity index (χ1v) is 8.21. The molecule has 0 aliphatic carbocycles. The number of benzene rings is 1. The number of hydrogen-bond acceptors (Lipinski definition) is 2. The van der Waals surface area contributed by atoms with Crippen LogP contribution in [-0.2, 0) is 0 Å². The van der Waals surface area contributed by atoms with E-state index in [1.54, 1.807) is 7.11 Å². The zero-order chi connectivity index (χ0) is 16.0. The molecule has 1 aromatic carbocycles. The Hall–Kier alpha value is -1.02. The molecule has 0 amide bonds. The highest BCUT2D eigenvalue weighted by Crippen LogP contribution is 2.32. The molecule has 0 aromatic heterocycles. The second-order valence-electron chi connectivity index (χ2n) is 7.04. The van der Waals surface area contributed by atoms with Crippen molar-refractivity contribution in [2.75, 3.05) is 13.7 Å². The molecule has 2 nitrogen and oxygen atoms in total. The Labute approximate surface area is 131 Å². The summed E-state index contributed by atoms with van der Waals surface area (Å²) in [5.74, 6) is 2.24. The Balaban J connectivity index is 3.05. The van der Waals surface area contributed by atoms with Crippen LogP contribution in [0.25, 0.3) is 0 Å². The van der Waals surface area contributed by atoms with E-state index >= 15 is 0 Å². The van der Waals surface area contributed by atoms with Gasteiger partial charge in [0.1, 0.15) is 5.75 Å². The van der Waals surface area contributed by atoms with Crippen LogP contribution in [0, 0.1) is 12.8 Å². The van der Waals surface area contributed by atoms with Crippen LogP contribution < -0.4 is 10.1 Å². The van der Waals surface area contributed by atoms with Gasteiger partial charge in [0.2, 0.25) is 0 Å². The molecular formula is C19H33NO. The molecule has 1 N–H and O–H groups in total. The molecule has 0 saturated heterocycles. The molecule has 0 aliphatic rings. The van der Waals surface area contributed by atoms with Crippen LogP contribution in [0.2, 0.25) is 0 Å². The molecule has 21 heavy (non-hydrogen) atoms. The first kappa shape index (κ1) is 18.0. The average molecular weight is 291 g/mol. The van der Waals surface area contributed by atoms with Crippen molar-refractivity contribution in [3.05, 3.63) is 29.3 Å². The van der Waals surface area contributed by atoms with E-state index in [2.05, 4.69) is 65.1 Å². The lowest BCUT2D eigenvalue weighted by atomic mass is 9.81. The van der Waals surface area contributed by atoms with Gasteiger partial charge in [-0.25, -0.2) is 0 Å². The summed E-state index contributed by atoms with van der Waals surface area (Å²) in [6.45, 7) is 14.4. The maximum Gasteiger partial charge on any atom is 0.122 e. The van der Waals surface area contributed by atoms with Crippen LogP contribution in [0.15, 0.2) is 18.2 Å². The topological polar surface area (TPSA) is 21.3 Å². The normalized spacial score (nSPS) is 13.5. The smallest absolute Gasteiger partial charge is 0.122 e. The molecule has 0 spiro atoms. The lowest BCUT2D eigenvalue weighted by molar-refractivity contribution is 0.333. The average Bonchev–Trinajstić information content (AvgIpc) is 2.43. The second-order valence-corrected chi connectivity index (χ2v) is 7.04. The monoisotopic (exact) mass is 291 g/mol. The van der Waals surface area contributed by atoms with Gasteiger partial charge in [0.25, 0.3) is 0 Å². The minimum atomic E-state index is 0.152. The molecule has 1 aromatic rings. The zero-order valence-electron chi connectivity index (χ0n) is 14.9. The van der Waals surface area contributed by atoms with Gasteiger partial charge >= 0.3 is 0 Å². The van der Waals surface area contributed by atoms with E-state index in [0.29, 0.717) is 11.8 Å². The van der Waals surface area contributed by atoms with E-state index in [-0.39, 0.29) is 5.54 Å². The van der Waals surface area contributed by atoms with Crippen molar-refractivity contribution in [3.8, 4) is 5.75 Å². The van der Waals surface area contributed by atoms with Crippen LogP contribution in [0.1, 0.15) is 64.5 Å². The van der Waals surface area contributed by atoms with Crippen LogP contribution in [0.3, 0.4) is 0 Å². The fourth-order valence-electron chi connectivity index (χ4n) is 2.90. The van der Waals surface area contributed by atoms with Gasteiger partial charge in [-0.3, -0.25) is 0 Å². The van der Waals surface area contributed by atoms with Crippen molar-refractivity contribution in [1.29, 1.82) is 0 Å². The van der Waals surface area contributed by atoms with Gasteiger partial charge in [-0.2, -0.15) is 0 Å². The van der Waals surface area contributed by atoms with Gasteiger partial charge in [0.05, 0.1) is 7.11 Å². The predicted octanol–water partition coefficient (Wildman–Crippen LogP) is 4.91. The van der Waals surface area contributed by atoms with E-state index in [1.807, 2.05) is 0 Å². The Morgan fingerprint density at radius 3 is 2.24 bits per heavy atom. The standard InChI is InChI=1S/C19H33NO/c1-8-15(9-2)17(13-20-19(4,5)6)16-11-10-14(3)18(12-16)21-7/h10-12,15,17,20H,8-9,13H2,1-7H3. The van der Waals surface area contributed by atoms with Crippen molar-refractivity contribution < 1.29 is 4.74 Å². The molecule has 0 bridgehead atoms. The highest BCUT2D eigenvalue weighted by molar-refractivity contribution is 5.38. The molecule has 0 heterocycles. The lowest BCUT2D eigenvalue weighted by Crippen LogP contribution is -2.40. The van der Waals surface area contributed by atoms with Crippen molar-refractivity contribution in [2.24, 2.45) is 5.92 Å². The molecule has 0 aliphatic heterocycles. The highest BCUT2D eigenvalue weighted by atomic mass is 16.5. The third-order valence-corrected chi connectivity index (χ3v) is 4.33. The van der Waals surface area contributed by atoms with Crippen LogP contribution in [0.4, 0.5) is 0 Å². The summed E-state index contributed by atoms with van der Waals surface area (Å²) in [5, 5.41) is 3.68. The molecule has 1 rings (SSSR count). The molecular weight excluding hydrogens is 258 g/mol. The van der Waals surface area contributed by atoms with Crippen molar-refractivity contribution in [2.45, 2.75) is 65.8 Å². The summed E-state index contributed by atoms with van der Waals surface area (Å²) >= 11 is 0. The number of aryl methyl sites for hydroxylation is 1. The van der Waals surface area contributed by atoms with Gasteiger partial charge in [-0.15, -0.1) is 0 Å². The van der Waals surface area contributed by atoms with E-state index in [4.69, 9.17) is 4.74 Å². The summed E-state index contributed by atoms with van der Waals surface area (Å²) in [6.07, 6.45) is 2.42. The fraction of sp³-hybridized carbons (Fsp3) is 0.684. The van der Waals surface area contributed by atoms with Crippen molar-refractivity contribution >= 4 is 0 Å². The van der Waals surface area contributed by atoms with Gasteiger partial charge < -0.3 is 10.1 Å². The van der Waals surface area contributed by atoms with Gasteiger partial charge in [0.15, 0.2) is 0 Å². The summed E-state index contributed by atoms with van der Waals surface area (Å²) < 4.78 is 5.51. The highest BCUT2D eigenvalue weighted by Gasteiger charge is 2.23. The van der Waals surface area contributed by atoms with Gasteiger partial charge in [-0.1, -0.05) is 38.8 Å². The van der Waals surface area contributed by atoms with E-state index in [1.165, 1.54) is 24.0 Å². The summed E-state index contributed by atoms with van der Waals surface area (Å²) in [5.41, 5.74) is 2.75. The van der Waals surface area contributed by atoms with E-state index < -0.39 is 0 Å². The molecule has 0 radical (unpaired) electrons. The summed E-state index contributed by atoms with van der Waals surface area (Å²) in [4.78, 5) is 0. The van der Waals surface area contributed by atoms with Crippen LogP contribution >= 0.6 is 0 Å². The number of ether oxygens (including phenoxy) is 1. The summed E-state index contributed by atoms with van der Waals surface area (Å²) in [6, 6.07) is 6.68. The van der Waals surface area contributed by atoms with Gasteiger partial charge in [0, 0.05) is 12.1 Å². The SMILES string of the molecule is CCC(CC)C(CNC(C)(C)C)c1ccc(C)c(OC)c1. The van der Waals surface area contributed by atoms with E-state index in [9.17, 15) is 0 Å². The van der Waals surface area contributed by atoms with Crippen molar-refractivity contribution in [3.63, 3.8) is 0 Å². The first-order chi connectivity index (χ1) is 9.82. The molecule has 120 valence electrons. The third kappa shape index (κ3) is 5.35. The van der Waals surface area contributed by atoms with Gasteiger partial charge in [-0.05, 0) is 56.7 Å². The molecule has 2 heteroatoms. The Morgan fingerprint density at radius 1 is 1.14 bits per heavy atom. The first-order valence-electron chi connectivity index (χ1n) is 8.21. The van der Waals surface area contributed by atoms with Crippen LogP contribution in [0.5, 0.6) is 5.75 Å². The summed E-state index contributed by atoms with van der Waals surface area (Å²) in [7, 11) is 1.76. The maximum absolute atomic E-state index is 5.51. The number of rotatable bonds is 7. The largest absolute Gasteiger partial charge is 0.496 e. The Kier molecular flexibility index (Phi) is 6.73. The van der Waals surface area contributed by atoms with Crippen LogP contribution in [-0.4, -0.2) is 19.2 Å². The maximum atomic E-state index is 5.51. The number of methoxy groups -OCH3 is 1. The lowest BCUT2D eigenvalue weighted by Gasteiger charge is -2.30. The molecule has 0 fully saturated rings.